The molecule has 1 aromatic heterocycles. The molecule has 0 N–H and O–H groups in total. The average Bonchev–Trinajstić information content (AvgIpc) is 1.07. The monoisotopic (exact) mass is 1340 g/mol. The van der Waals surface area contributed by atoms with Gasteiger partial charge in [-0.3, -0.25) is 0 Å². The smallest absolute Gasteiger partial charge is 0.252 e. The molecule has 0 amide bonds. The summed E-state index contributed by atoms with van der Waals surface area (Å²) in [4.78, 5) is 4.89. The minimum absolute atomic E-state index is 0.0104. The van der Waals surface area contributed by atoms with E-state index in [-0.39, 0.29) is 39.3 Å². The number of nitrogens with zero attached hydrogens (tertiary/aromatic N) is 3. The first-order chi connectivity index (χ1) is 55.1. The van der Waals surface area contributed by atoms with Gasteiger partial charge in [0.1, 0.15) is 0 Å². The molecule has 2 aliphatic heterocycles. The SMILES string of the molecule is [2H]c1c([2H])c([2H])c2c(c1[2H])c1c([2H])c([2H])c([2H])c([2H])c1n2-c1cc2c3c(c1)N(c1c(-c4ccccc4)cccc1-c1ccccc1)c1cc(-c4cccc5c4C4(c6ccccc6-c6ccccc64)c4ccccc4-5)ccc1B3c1cc(-c3ccc(C(C)(C)C)cc3)ccc1N2c1c(-c2ccccc2)cccc1-c1ccccc1. The standard InChI is InChI=1S/C101H70BN3/c1-100(2,3)72-57-53-65(54-58-72)70-56-60-92-89(61-70)102-88-59-55-71(74-42-26-47-84-81-39-18-23-50-87(81)101(96(74)84)85-48-21-16-37-79(85)80-38-17-22-49-86(80)101)62-93(88)105(99-77(68-33-12-6-13-34-68)45-28-46-78(99)69-35-14-7-15-36-69)95-64-73(103-90-51-24-19-40-82(90)83-41-20-25-52-91(83)103)63-94(97(95)102)104(92)98-75(66-29-8-4-9-30-66)43-27-44-76(98)67-31-10-5-11-32-67/h4-64H,1-3H3/i19D,20D,24D,25D,40D,41D,51D,52D. The van der Waals surface area contributed by atoms with Gasteiger partial charge in [-0.2, -0.15) is 0 Å². The van der Waals surface area contributed by atoms with Crippen LogP contribution in [0.5, 0.6) is 0 Å². The second-order valence-electron chi connectivity index (χ2n) is 29.1. The lowest BCUT2D eigenvalue weighted by atomic mass is 9.33. The molecule has 0 atom stereocenters. The summed E-state index contributed by atoms with van der Waals surface area (Å²) in [7, 11) is 0. The van der Waals surface area contributed by atoms with Gasteiger partial charge in [-0.15, -0.1) is 0 Å². The zero-order valence-electron chi connectivity index (χ0n) is 66.0. The van der Waals surface area contributed by atoms with Crippen molar-refractivity contribution in [2.75, 3.05) is 9.80 Å². The molecule has 17 aromatic rings. The number of aromatic nitrogens is 1. The number of benzene rings is 16. The third kappa shape index (κ3) is 9.06. The minimum Gasteiger partial charge on any atom is -0.310 e. The fraction of sp³-hybridized carbons (Fsp3) is 0.0495. The molecule has 2 aliphatic carbocycles. The van der Waals surface area contributed by atoms with Gasteiger partial charge in [0.2, 0.25) is 0 Å². The topological polar surface area (TPSA) is 11.4 Å². The minimum atomic E-state index is -0.711. The molecule has 16 aromatic carbocycles. The van der Waals surface area contributed by atoms with E-state index in [1.807, 2.05) is 24.3 Å². The molecule has 21 rings (SSSR count). The second-order valence-corrected chi connectivity index (χ2v) is 29.1. The summed E-state index contributed by atoms with van der Waals surface area (Å²) in [5, 5.41) is -0.0208. The van der Waals surface area contributed by atoms with Gasteiger partial charge in [-0.1, -0.05) is 354 Å². The van der Waals surface area contributed by atoms with E-state index in [2.05, 4.69) is 328 Å². The van der Waals surface area contributed by atoms with Crippen molar-refractivity contribution in [3.8, 4) is 94.7 Å². The van der Waals surface area contributed by atoms with E-state index in [1.54, 1.807) is 4.57 Å². The molecule has 0 radical (unpaired) electrons. The second kappa shape index (κ2) is 23.5. The fourth-order valence-electron chi connectivity index (χ4n) is 18.1. The Balaban J connectivity index is 0.966. The third-order valence-corrected chi connectivity index (χ3v) is 22.6. The average molecular weight is 1340 g/mol. The molecule has 0 fully saturated rings. The fourth-order valence-corrected chi connectivity index (χ4v) is 18.1. The lowest BCUT2D eigenvalue weighted by molar-refractivity contribution is 0.590. The van der Waals surface area contributed by atoms with Crippen LogP contribution in [0, 0.1) is 0 Å². The molecule has 4 heteroatoms. The highest BCUT2D eigenvalue weighted by atomic mass is 15.2. The van der Waals surface area contributed by atoms with Crippen LogP contribution in [-0.2, 0) is 10.8 Å². The molecule has 0 saturated heterocycles. The Morgan fingerprint density at radius 1 is 0.305 bits per heavy atom. The van der Waals surface area contributed by atoms with Crippen LogP contribution in [-0.4, -0.2) is 11.3 Å². The van der Waals surface area contributed by atoms with Crippen LogP contribution in [0.1, 0.15) is 59.6 Å². The molecule has 0 unspecified atom stereocenters. The molecule has 105 heavy (non-hydrogen) atoms. The molecule has 492 valence electrons. The van der Waals surface area contributed by atoms with Crippen LogP contribution in [0.15, 0.2) is 370 Å². The molecule has 3 nitrogen and oxygen atoms in total. The molecular weight excluding hydrogens is 1270 g/mol. The van der Waals surface area contributed by atoms with Crippen molar-refractivity contribution in [1.82, 2.24) is 4.57 Å². The largest absolute Gasteiger partial charge is 0.310 e. The van der Waals surface area contributed by atoms with Gasteiger partial charge in [0, 0.05) is 55.8 Å². The van der Waals surface area contributed by atoms with Gasteiger partial charge in [0.05, 0.1) is 44.5 Å². The third-order valence-electron chi connectivity index (χ3n) is 22.6. The molecule has 3 heterocycles. The Morgan fingerprint density at radius 2 is 0.705 bits per heavy atom. The molecule has 0 saturated carbocycles. The van der Waals surface area contributed by atoms with E-state index < -0.39 is 48.4 Å². The van der Waals surface area contributed by atoms with Crippen molar-refractivity contribution in [3.63, 3.8) is 0 Å². The van der Waals surface area contributed by atoms with Crippen molar-refractivity contribution in [2.45, 2.75) is 31.6 Å². The molecule has 0 bridgehead atoms. The van der Waals surface area contributed by atoms with Gasteiger partial charge in [-0.25, -0.2) is 0 Å². The highest BCUT2D eigenvalue weighted by Gasteiger charge is 2.53. The zero-order chi connectivity index (χ0) is 76.6. The van der Waals surface area contributed by atoms with Gasteiger partial charge in [0.15, 0.2) is 0 Å². The summed E-state index contributed by atoms with van der Waals surface area (Å²) < 4.78 is 79.5. The molecule has 1 spiro atoms. The maximum absolute atomic E-state index is 10.2. The summed E-state index contributed by atoms with van der Waals surface area (Å²) in [6.07, 6.45) is 0. The highest BCUT2D eigenvalue weighted by molar-refractivity contribution is 7.00. The number of hydrogen-bond donors (Lipinski definition) is 0. The van der Waals surface area contributed by atoms with Crippen LogP contribution in [0.25, 0.3) is 117 Å². The normalized spacial score (nSPS) is 14.4. The van der Waals surface area contributed by atoms with Crippen LogP contribution in [0.3, 0.4) is 0 Å². The van der Waals surface area contributed by atoms with Crippen molar-refractivity contribution in [1.29, 1.82) is 0 Å². The van der Waals surface area contributed by atoms with Gasteiger partial charge < -0.3 is 14.4 Å². The Kier molecular flexibility index (Phi) is 11.8. The predicted molar refractivity (Wildman–Crippen MR) is 442 cm³/mol. The van der Waals surface area contributed by atoms with Crippen LogP contribution >= 0.6 is 0 Å². The number of para-hydroxylation sites is 4. The Labute approximate surface area is 624 Å². The summed E-state index contributed by atoms with van der Waals surface area (Å²) in [6, 6.07) is 113. The van der Waals surface area contributed by atoms with E-state index >= 15 is 0 Å². The van der Waals surface area contributed by atoms with E-state index in [4.69, 9.17) is 0 Å². The maximum atomic E-state index is 10.2. The molecule has 4 aliphatic rings. The Hall–Kier alpha value is -13.0. The van der Waals surface area contributed by atoms with Crippen LogP contribution < -0.4 is 26.2 Å². The van der Waals surface area contributed by atoms with Crippen molar-refractivity contribution in [2.24, 2.45) is 0 Å². The first-order valence-electron chi connectivity index (χ1n) is 40.2. The van der Waals surface area contributed by atoms with Gasteiger partial charge in [0.25, 0.3) is 6.71 Å². The van der Waals surface area contributed by atoms with Gasteiger partial charge >= 0.3 is 0 Å². The number of fused-ring (bicyclic) bond motifs is 17. The Morgan fingerprint density at radius 3 is 1.19 bits per heavy atom. The molecular formula is C101H70BN3. The first-order valence-corrected chi connectivity index (χ1v) is 36.2. The van der Waals surface area contributed by atoms with Crippen molar-refractivity contribution in [3.05, 3.63) is 398 Å². The van der Waals surface area contributed by atoms with Crippen LogP contribution in [0.2, 0.25) is 0 Å². The summed E-state index contributed by atoms with van der Waals surface area (Å²) in [5.74, 6) is 0. The van der Waals surface area contributed by atoms with Crippen LogP contribution in [0.4, 0.5) is 34.1 Å². The lowest BCUT2D eigenvalue weighted by Gasteiger charge is -2.46. The van der Waals surface area contributed by atoms with E-state index in [1.165, 1.54) is 44.5 Å². The maximum Gasteiger partial charge on any atom is 0.252 e. The predicted octanol–water partition coefficient (Wildman–Crippen LogP) is 24.5. The van der Waals surface area contributed by atoms with E-state index in [9.17, 15) is 11.0 Å². The summed E-state index contributed by atoms with van der Waals surface area (Å²) in [5.41, 5.74) is 30.3. The van der Waals surface area contributed by atoms with Crippen molar-refractivity contribution < 1.29 is 11.0 Å². The zero-order valence-corrected chi connectivity index (χ0v) is 58.0. The lowest BCUT2D eigenvalue weighted by Crippen LogP contribution is -2.61. The first kappa shape index (κ1) is 52.9. The number of hydrogen-bond acceptors (Lipinski definition) is 2. The van der Waals surface area contributed by atoms with E-state index in [0.29, 0.717) is 5.69 Å². The summed E-state index contributed by atoms with van der Waals surface area (Å²) in [6.45, 7) is 6.20. The number of anilines is 6. The number of rotatable bonds is 9. The Bertz CT molecular complexity index is 6640. The summed E-state index contributed by atoms with van der Waals surface area (Å²) >= 11 is 0. The highest BCUT2D eigenvalue weighted by Crippen LogP contribution is 2.65. The van der Waals surface area contributed by atoms with Crippen molar-refractivity contribution >= 4 is 79.0 Å². The van der Waals surface area contributed by atoms with Gasteiger partial charge in [-0.05, 0) is 153 Å². The van der Waals surface area contributed by atoms with E-state index in [0.717, 1.165) is 123 Å². The quantitative estimate of drug-likeness (QED) is 0.133.